The summed E-state index contributed by atoms with van der Waals surface area (Å²) in [4.78, 5) is 8.79. The van der Waals surface area contributed by atoms with Gasteiger partial charge in [0.05, 0.1) is 18.1 Å². The highest BCUT2D eigenvalue weighted by atomic mass is 15.4. The first-order chi connectivity index (χ1) is 9.36. The van der Waals surface area contributed by atoms with Gasteiger partial charge in [-0.25, -0.2) is 4.98 Å². The van der Waals surface area contributed by atoms with Crippen LogP contribution in [0.2, 0.25) is 0 Å². The summed E-state index contributed by atoms with van der Waals surface area (Å²) in [5.41, 5.74) is 1.68. The molecule has 0 N–H and O–H groups in total. The standard InChI is InChI=1S/C13H14N6/c14-5-6-18-7-9-19(10-8-18)13-15-11-3-1-2-4-12(11)16-17-13/h1-4H,6-10H2. The molecule has 6 heteroatoms. The van der Waals surface area contributed by atoms with Crippen molar-refractivity contribution in [3.05, 3.63) is 24.3 Å². The van der Waals surface area contributed by atoms with Crippen LogP contribution in [0.1, 0.15) is 0 Å². The molecular formula is C13H14N6. The second-order valence-electron chi connectivity index (χ2n) is 4.52. The summed E-state index contributed by atoms with van der Waals surface area (Å²) in [5.74, 6) is 0.676. The molecule has 1 fully saturated rings. The van der Waals surface area contributed by atoms with Gasteiger partial charge in [0.1, 0.15) is 5.52 Å². The van der Waals surface area contributed by atoms with Gasteiger partial charge in [-0.2, -0.15) is 5.26 Å². The van der Waals surface area contributed by atoms with Crippen LogP contribution in [-0.4, -0.2) is 52.8 Å². The predicted octanol–water partition coefficient (Wildman–Crippen LogP) is 0.670. The lowest BCUT2D eigenvalue weighted by atomic mass is 10.3. The summed E-state index contributed by atoms with van der Waals surface area (Å²) in [7, 11) is 0. The molecular weight excluding hydrogens is 240 g/mol. The fourth-order valence-corrected chi connectivity index (χ4v) is 2.21. The average Bonchev–Trinajstić information content (AvgIpc) is 2.48. The first-order valence-corrected chi connectivity index (χ1v) is 6.30. The second kappa shape index (κ2) is 5.16. The molecule has 0 atom stereocenters. The molecule has 2 heterocycles. The Hall–Kier alpha value is -2.26. The van der Waals surface area contributed by atoms with Gasteiger partial charge in [0.2, 0.25) is 5.95 Å². The molecule has 0 amide bonds. The van der Waals surface area contributed by atoms with Gasteiger partial charge in [0.25, 0.3) is 0 Å². The van der Waals surface area contributed by atoms with Crippen LogP contribution in [0.15, 0.2) is 24.3 Å². The van der Waals surface area contributed by atoms with E-state index in [0.29, 0.717) is 12.5 Å². The van der Waals surface area contributed by atoms with Gasteiger partial charge in [0.15, 0.2) is 0 Å². The van der Waals surface area contributed by atoms with E-state index in [-0.39, 0.29) is 0 Å². The minimum Gasteiger partial charge on any atom is -0.337 e. The van der Waals surface area contributed by atoms with E-state index in [9.17, 15) is 0 Å². The summed E-state index contributed by atoms with van der Waals surface area (Å²) in [5, 5.41) is 17.1. The number of anilines is 1. The third-order valence-electron chi connectivity index (χ3n) is 3.30. The lowest BCUT2D eigenvalue weighted by molar-refractivity contribution is 0.285. The van der Waals surface area contributed by atoms with Gasteiger partial charge in [-0.3, -0.25) is 4.90 Å². The fraction of sp³-hybridized carbons (Fsp3) is 0.385. The number of nitriles is 1. The largest absolute Gasteiger partial charge is 0.337 e. The van der Waals surface area contributed by atoms with E-state index in [0.717, 1.165) is 37.2 Å². The van der Waals surface area contributed by atoms with Gasteiger partial charge in [-0.15, -0.1) is 10.2 Å². The predicted molar refractivity (Wildman–Crippen MR) is 71.6 cm³/mol. The Morgan fingerprint density at radius 3 is 2.53 bits per heavy atom. The van der Waals surface area contributed by atoms with Crippen LogP contribution in [-0.2, 0) is 0 Å². The van der Waals surface area contributed by atoms with E-state index in [1.807, 2.05) is 24.3 Å². The van der Waals surface area contributed by atoms with E-state index in [1.165, 1.54) is 0 Å². The normalized spacial score (nSPS) is 16.5. The van der Waals surface area contributed by atoms with E-state index in [2.05, 4.69) is 31.1 Å². The van der Waals surface area contributed by atoms with Crippen LogP contribution in [0.5, 0.6) is 0 Å². The number of fused-ring (bicyclic) bond motifs is 1. The second-order valence-corrected chi connectivity index (χ2v) is 4.52. The van der Waals surface area contributed by atoms with Crippen LogP contribution in [0.4, 0.5) is 5.95 Å². The summed E-state index contributed by atoms with van der Waals surface area (Å²) in [6.45, 7) is 3.89. The number of rotatable bonds is 2. The van der Waals surface area contributed by atoms with Crippen molar-refractivity contribution >= 4 is 17.0 Å². The van der Waals surface area contributed by atoms with E-state index in [1.54, 1.807) is 0 Å². The number of aromatic nitrogens is 3. The summed E-state index contributed by atoms with van der Waals surface area (Å²) < 4.78 is 0. The first-order valence-electron chi connectivity index (χ1n) is 6.30. The Morgan fingerprint density at radius 1 is 1.05 bits per heavy atom. The SMILES string of the molecule is N#CCN1CCN(c2nnc3ccccc3n2)CC1. The molecule has 6 nitrogen and oxygen atoms in total. The van der Waals surface area contributed by atoms with Crippen molar-refractivity contribution in [3.8, 4) is 6.07 Å². The van der Waals surface area contributed by atoms with Crippen molar-refractivity contribution in [3.63, 3.8) is 0 Å². The van der Waals surface area contributed by atoms with Gasteiger partial charge in [-0.05, 0) is 12.1 Å². The smallest absolute Gasteiger partial charge is 0.246 e. The zero-order valence-electron chi connectivity index (χ0n) is 10.5. The zero-order valence-corrected chi connectivity index (χ0v) is 10.5. The lowest BCUT2D eigenvalue weighted by Gasteiger charge is -2.33. The highest BCUT2D eigenvalue weighted by molar-refractivity contribution is 5.74. The van der Waals surface area contributed by atoms with Gasteiger partial charge < -0.3 is 4.90 Å². The Bertz CT molecular complexity index is 612. The minimum atomic E-state index is 0.491. The van der Waals surface area contributed by atoms with Crippen molar-refractivity contribution in [1.29, 1.82) is 5.26 Å². The molecule has 1 aliphatic rings. The number of para-hydroxylation sites is 1. The summed E-state index contributed by atoms with van der Waals surface area (Å²) in [6, 6.07) is 9.91. The van der Waals surface area contributed by atoms with E-state index in [4.69, 9.17) is 5.26 Å². The monoisotopic (exact) mass is 254 g/mol. The van der Waals surface area contributed by atoms with Crippen molar-refractivity contribution in [1.82, 2.24) is 20.1 Å². The number of hydrogen-bond acceptors (Lipinski definition) is 6. The molecule has 0 bridgehead atoms. The lowest BCUT2D eigenvalue weighted by Crippen LogP contribution is -2.47. The molecule has 3 rings (SSSR count). The molecule has 0 saturated carbocycles. The van der Waals surface area contributed by atoms with Crippen molar-refractivity contribution in [2.24, 2.45) is 0 Å². The molecule has 2 aromatic rings. The maximum Gasteiger partial charge on any atom is 0.246 e. The van der Waals surface area contributed by atoms with Crippen molar-refractivity contribution < 1.29 is 0 Å². The molecule has 1 saturated heterocycles. The van der Waals surface area contributed by atoms with E-state index >= 15 is 0 Å². The average molecular weight is 254 g/mol. The van der Waals surface area contributed by atoms with Gasteiger partial charge in [0, 0.05) is 26.2 Å². The summed E-state index contributed by atoms with van der Waals surface area (Å²) >= 11 is 0. The molecule has 0 radical (unpaired) electrons. The zero-order chi connectivity index (χ0) is 13.1. The third-order valence-corrected chi connectivity index (χ3v) is 3.30. The molecule has 0 spiro atoms. The molecule has 0 aliphatic carbocycles. The molecule has 1 aliphatic heterocycles. The van der Waals surface area contributed by atoms with Crippen LogP contribution in [0.3, 0.4) is 0 Å². The molecule has 96 valence electrons. The highest BCUT2D eigenvalue weighted by Gasteiger charge is 2.19. The fourth-order valence-electron chi connectivity index (χ4n) is 2.21. The Kier molecular flexibility index (Phi) is 3.21. The van der Waals surface area contributed by atoms with Crippen LogP contribution in [0, 0.1) is 11.3 Å². The highest BCUT2D eigenvalue weighted by Crippen LogP contribution is 2.14. The first kappa shape index (κ1) is 11.8. The topological polar surface area (TPSA) is 68.9 Å². The molecule has 0 unspecified atom stereocenters. The third kappa shape index (κ3) is 2.46. The van der Waals surface area contributed by atoms with Crippen molar-refractivity contribution in [2.75, 3.05) is 37.6 Å². The number of nitrogens with zero attached hydrogens (tertiary/aromatic N) is 6. The van der Waals surface area contributed by atoms with Gasteiger partial charge in [-0.1, -0.05) is 12.1 Å². The quantitative estimate of drug-likeness (QED) is 0.734. The minimum absolute atomic E-state index is 0.491. The maximum atomic E-state index is 8.68. The van der Waals surface area contributed by atoms with Crippen LogP contribution < -0.4 is 4.90 Å². The molecule has 19 heavy (non-hydrogen) atoms. The molecule has 1 aromatic carbocycles. The number of hydrogen-bond donors (Lipinski definition) is 0. The van der Waals surface area contributed by atoms with Gasteiger partial charge >= 0.3 is 0 Å². The van der Waals surface area contributed by atoms with Crippen LogP contribution in [0.25, 0.3) is 11.0 Å². The number of piperazine rings is 1. The Morgan fingerprint density at radius 2 is 1.79 bits per heavy atom. The Labute approximate surface area is 111 Å². The number of benzene rings is 1. The van der Waals surface area contributed by atoms with Crippen LogP contribution >= 0.6 is 0 Å². The summed E-state index contributed by atoms with van der Waals surface area (Å²) in [6.07, 6.45) is 0. The van der Waals surface area contributed by atoms with Crippen molar-refractivity contribution in [2.45, 2.75) is 0 Å². The maximum absolute atomic E-state index is 8.68. The molecule has 1 aromatic heterocycles. The van der Waals surface area contributed by atoms with E-state index < -0.39 is 0 Å². The Balaban J connectivity index is 1.77.